The lowest BCUT2D eigenvalue weighted by atomic mass is 10.2. The molecule has 0 saturated carbocycles. The minimum atomic E-state index is -3.71. The van der Waals surface area contributed by atoms with E-state index in [4.69, 9.17) is 4.74 Å². The summed E-state index contributed by atoms with van der Waals surface area (Å²) < 4.78 is 32.6. The summed E-state index contributed by atoms with van der Waals surface area (Å²) in [4.78, 5) is 12.2. The Labute approximate surface area is 180 Å². The van der Waals surface area contributed by atoms with Crippen molar-refractivity contribution in [1.29, 1.82) is 0 Å². The topological polar surface area (TPSA) is 131 Å². The average Bonchev–Trinajstić information content (AvgIpc) is 3.32. The SMILES string of the molecule is O=[N+]([O-])c1ccc(S(=O)(=O)N2CCN(c3ccc(NC[C@@H]4CCCO4)nn3)CC2)cc1. The van der Waals surface area contributed by atoms with Crippen LogP contribution in [0.1, 0.15) is 12.8 Å². The summed E-state index contributed by atoms with van der Waals surface area (Å²) >= 11 is 0. The molecule has 1 aromatic heterocycles. The predicted molar refractivity (Wildman–Crippen MR) is 114 cm³/mol. The van der Waals surface area contributed by atoms with Gasteiger partial charge in [0, 0.05) is 51.5 Å². The van der Waals surface area contributed by atoms with Gasteiger partial charge in [0.05, 0.1) is 15.9 Å². The lowest BCUT2D eigenvalue weighted by Gasteiger charge is -2.34. The van der Waals surface area contributed by atoms with Gasteiger partial charge in [0.1, 0.15) is 5.82 Å². The van der Waals surface area contributed by atoms with Crippen LogP contribution in [0.4, 0.5) is 17.3 Å². The first-order valence-electron chi connectivity index (χ1n) is 10.1. The molecule has 3 heterocycles. The number of non-ortho nitro benzene ring substituents is 1. The first kappa shape index (κ1) is 21.4. The average molecular weight is 449 g/mol. The van der Waals surface area contributed by atoms with E-state index < -0.39 is 14.9 Å². The quantitative estimate of drug-likeness (QED) is 0.494. The van der Waals surface area contributed by atoms with Crippen LogP contribution in [0.25, 0.3) is 0 Å². The zero-order valence-electron chi connectivity index (χ0n) is 16.9. The van der Waals surface area contributed by atoms with Crippen LogP contribution in [0, 0.1) is 10.1 Å². The molecular weight excluding hydrogens is 424 g/mol. The molecule has 0 bridgehead atoms. The van der Waals surface area contributed by atoms with Crippen molar-refractivity contribution in [2.45, 2.75) is 23.8 Å². The summed E-state index contributed by atoms with van der Waals surface area (Å²) in [6.45, 7) is 3.04. The number of nitrogens with one attached hydrogen (secondary N) is 1. The molecule has 0 aliphatic carbocycles. The van der Waals surface area contributed by atoms with Gasteiger partial charge in [-0.25, -0.2) is 8.42 Å². The summed E-state index contributed by atoms with van der Waals surface area (Å²) in [5.41, 5.74) is -0.143. The van der Waals surface area contributed by atoms with Crippen LogP contribution in [0.5, 0.6) is 0 Å². The molecule has 2 fully saturated rings. The van der Waals surface area contributed by atoms with E-state index in [1.165, 1.54) is 28.6 Å². The summed E-state index contributed by atoms with van der Waals surface area (Å²) in [7, 11) is -3.71. The van der Waals surface area contributed by atoms with Crippen LogP contribution in [0.15, 0.2) is 41.3 Å². The third kappa shape index (κ3) is 4.92. The van der Waals surface area contributed by atoms with Crippen molar-refractivity contribution in [2.75, 3.05) is 49.5 Å². The number of nitrogens with zero attached hydrogens (tertiary/aromatic N) is 5. The molecule has 1 aromatic carbocycles. The van der Waals surface area contributed by atoms with Crippen molar-refractivity contribution in [3.8, 4) is 0 Å². The number of ether oxygens (including phenoxy) is 1. The van der Waals surface area contributed by atoms with Crippen molar-refractivity contribution in [3.63, 3.8) is 0 Å². The van der Waals surface area contributed by atoms with E-state index in [0.29, 0.717) is 44.4 Å². The summed E-state index contributed by atoms with van der Waals surface area (Å²) in [5, 5.41) is 22.5. The van der Waals surface area contributed by atoms with Crippen LogP contribution in [-0.4, -0.2) is 73.3 Å². The molecule has 0 radical (unpaired) electrons. The van der Waals surface area contributed by atoms with Crippen molar-refractivity contribution in [3.05, 3.63) is 46.5 Å². The Hall–Kier alpha value is -2.83. The number of rotatable bonds is 7. The first-order valence-corrected chi connectivity index (χ1v) is 11.6. The molecule has 166 valence electrons. The second-order valence-corrected chi connectivity index (χ2v) is 9.37. The molecule has 11 nitrogen and oxygen atoms in total. The van der Waals surface area contributed by atoms with Gasteiger partial charge in [-0.15, -0.1) is 10.2 Å². The normalized spacial score (nSPS) is 20.0. The maximum atomic E-state index is 12.8. The Kier molecular flexibility index (Phi) is 6.30. The Morgan fingerprint density at radius 2 is 1.84 bits per heavy atom. The molecule has 1 atom stereocenters. The molecule has 1 N–H and O–H groups in total. The molecule has 12 heteroatoms. The summed E-state index contributed by atoms with van der Waals surface area (Å²) in [6, 6.07) is 8.67. The van der Waals surface area contributed by atoms with Gasteiger partial charge in [0.25, 0.3) is 5.69 Å². The zero-order chi connectivity index (χ0) is 21.8. The first-order chi connectivity index (χ1) is 14.9. The van der Waals surface area contributed by atoms with Crippen molar-refractivity contribution in [1.82, 2.24) is 14.5 Å². The molecule has 2 aliphatic heterocycles. The van der Waals surface area contributed by atoms with E-state index in [1.807, 2.05) is 17.0 Å². The third-order valence-corrected chi connectivity index (χ3v) is 7.35. The molecular formula is C19H24N6O5S. The molecule has 2 aliphatic rings. The Balaban J connectivity index is 1.32. The maximum absolute atomic E-state index is 12.8. The summed E-state index contributed by atoms with van der Waals surface area (Å²) in [5.74, 6) is 1.37. The molecule has 4 rings (SSSR count). The highest BCUT2D eigenvalue weighted by molar-refractivity contribution is 7.89. The number of nitro groups is 1. The van der Waals surface area contributed by atoms with Gasteiger partial charge < -0.3 is 15.0 Å². The van der Waals surface area contributed by atoms with Crippen LogP contribution in [0.2, 0.25) is 0 Å². The highest BCUT2D eigenvalue weighted by atomic mass is 32.2. The largest absolute Gasteiger partial charge is 0.376 e. The highest BCUT2D eigenvalue weighted by Crippen LogP contribution is 2.22. The van der Waals surface area contributed by atoms with Crippen LogP contribution in [0.3, 0.4) is 0 Å². The Bertz CT molecular complexity index is 1000. The number of anilines is 2. The van der Waals surface area contributed by atoms with E-state index >= 15 is 0 Å². The van der Waals surface area contributed by atoms with Crippen molar-refractivity contribution in [2.24, 2.45) is 0 Å². The van der Waals surface area contributed by atoms with Gasteiger partial charge in [-0.3, -0.25) is 10.1 Å². The number of piperazine rings is 1. The fourth-order valence-corrected chi connectivity index (χ4v) is 5.08. The van der Waals surface area contributed by atoms with Gasteiger partial charge in [-0.1, -0.05) is 0 Å². The van der Waals surface area contributed by atoms with Crippen LogP contribution in [-0.2, 0) is 14.8 Å². The predicted octanol–water partition coefficient (Wildman–Crippen LogP) is 1.49. The lowest BCUT2D eigenvalue weighted by Crippen LogP contribution is -2.49. The van der Waals surface area contributed by atoms with E-state index in [1.54, 1.807) is 0 Å². The van der Waals surface area contributed by atoms with E-state index in [9.17, 15) is 18.5 Å². The number of sulfonamides is 1. The number of aromatic nitrogens is 2. The molecule has 0 spiro atoms. The zero-order valence-corrected chi connectivity index (χ0v) is 17.7. The number of hydrogen-bond donors (Lipinski definition) is 1. The molecule has 0 unspecified atom stereocenters. The van der Waals surface area contributed by atoms with Gasteiger partial charge in [-0.2, -0.15) is 4.31 Å². The van der Waals surface area contributed by atoms with Crippen LogP contribution >= 0.6 is 0 Å². The van der Waals surface area contributed by atoms with E-state index in [-0.39, 0.29) is 16.7 Å². The fourth-order valence-electron chi connectivity index (χ4n) is 3.66. The second-order valence-electron chi connectivity index (χ2n) is 7.43. The van der Waals surface area contributed by atoms with Gasteiger partial charge in [0.2, 0.25) is 10.0 Å². The molecule has 0 amide bonds. The molecule has 2 saturated heterocycles. The smallest absolute Gasteiger partial charge is 0.269 e. The van der Waals surface area contributed by atoms with E-state index in [0.717, 1.165) is 19.4 Å². The monoisotopic (exact) mass is 448 g/mol. The minimum absolute atomic E-state index is 0.0491. The van der Waals surface area contributed by atoms with Gasteiger partial charge in [-0.05, 0) is 37.1 Å². The minimum Gasteiger partial charge on any atom is -0.376 e. The third-order valence-electron chi connectivity index (χ3n) is 5.43. The number of nitro benzene ring substituents is 1. The Morgan fingerprint density at radius 3 is 2.42 bits per heavy atom. The molecule has 31 heavy (non-hydrogen) atoms. The highest BCUT2D eigenvalue weighted by Gasteiger charge is 2.29. The number of benzene rings is 1. The second kappa shape index (κ2) is 9.12. The standard InChI is InChI=1S/C19H24N6O5S/c26-25(27)15-3-5-17(6-4-15)31(28,29)24-11-9-23(10-12-24)19-8-7-18(21-22-19)20-14-16-2-1-13-30-16/h3-8,16H,1-2,9-14H2,(H,20,21)/t16-/m0/s1. The lowest BCUT2D eigenvalue weighted by molar-refractivity contribution is -0.384. The fraction of sp³-hybridized carbons (Fsp3) is 0.474. The molecule has 2 aromatic rings. The van der Waals surface area contributed by atoms with Gasteiger partial charge in [0.15, 0.2) is 5.82 Å². The Morgan fingerprint density at radius 1 is 1.10 bits per heavy atom. The summed E-state index contributed by atoms with van der Waals surface area (Å²) in [6.07, 6.45) is 2.35. The number of hydrogen-bond acceptors (Lipinski definition) is 9. The van der Waals surface area contributed by atoms with Crippen molar-refractivity contribution < 1.29 is 18.1 Å². The van der Waals surface area contributed by atoms with Crippen molar-refractivity contribution >= 4 is 27.3 Å². The van der Waals surface area contributed by atoms with E-state index in [2.05, 4.69) is 15.5 Å². The van der Waals surface area contributed by atoms with Crippen LogP contribution < -0.4 is 10.2 Å². The van der Waals surface area contributed by atoms with Gasteiger partial charge >= 0.3 is 0 Å². The maximum Gasteiger partial charge on any atom is 0.269 e.